The van der Waals surface area contributed by atoms with Crippen LogP contribution in [0.15, 0.2) is 24.3 Å². The maximum atomic E-state index is 5.21. The predicted octanol–water partition coefficient (Wildman–Crippen LogP) is 3.80. The molecule has 2 rings (SSSR count). The van der Waals surface area contributed by atoms with Crippen LogP contribution in [0.25, 0.3) is 0 Å². The predicted molar refractivity (Wildman–Crippen MR) is 80.7 cm³/mol. The lowest BCUT2D eigenvalue weighted by Crippen LogP contribution is -2.31. The van der Waals surface area contributed by atoms with Crippen LogP contribution in [0, 0.1) is 5.92 Å². The van der Waals surface area contributed by atoms with Gasteiger partial charge in [-0.05, 0) is 55.8 Å². The molecular weight excluding hydrogens is 234 g/mol. The van der Waals surface area contributed by atoms with Crippen molar-refractivity contribution in [1.82, 2.24) is 5.32 Å². The van der Waals surface area contributed by atoms with Crippen LogP contribution < -0.4 is 10.1 Å². The van der Waals surface area contributed by atoms with Crippen molar-refractivity contribution in [2.75, 3.05) is 13.7 Å². The molecule has 2 heteroatoms. The summed E-state index contributed by atoms with van der Waals surface area (Å²) in [6.07, 6.45) is 7.99. The fraction of sp³-hybridized carbons (Fsp3) is 0.647. The van der Waals surface area contributed by atoms with Crippen molar-refractivity contribution in [3.63, 3.8) is 0 Å². The number of methoxy groups -OCH3 is 1. The minimum Gasteiger partial charge on any atom is -0.497 e. The van der Waals surface area contributed by atoms with Crippen LogP contribution in [0.5, 0.6) is 5.75 Å². The lowest BCUT2D eigenvalue weighted by molar-refractivity contribution is 0.414. The monoisotopic (exact) mass is 261 g/mol. The molecule has 0 amide bonds. The molecule has 1 N–H and O–H groups in total. The Labute approximate surface area is 117 Å². The molecule has 0 bridgehead atoms. The van der Waals surface area contributed by atoms with Gasteiger partial charge in [-0.1, -0.05) is 31.9 Å². The first-order chi connectivity index (χ1) is 9.31. The van der Waals surface area contributed by atoms with E-state index in [1.54, 1.807) is 7.11 Å². The standard InChI is InChI=1S/C17H27NO/c1-3-12-18-16(9-6-14-4-5-14)13-15-7-10-17(19-2)11-8-15/h7-8,10-11,14,16,18H,3-6,9,12-13H2,1-2H3. The van der Waals surface area contributed by atoms with Gasteiger partial charge in [0.1, 0.15) is 5.75 Å². The Kier molecular flexibility index (Phi) is 5.71. The van der Waals surface area contributed by atoms with E-state index in [0.717, 1.165) is 24.6 Å². The van der Waals surface area contributed by atoms with E-state index in [4.69, 9.17) is 4.74 Å². The van der Waals surface area contributed by atoms with Crippen molar-refractivity contribution in [2.45, 2.75) is 51.5 Å². The van der Waals surface area contributed by atoms with Crippen LogP contribution in [-0.2, 0) is 6.42 Å². The molecule has 0 heterocycles. The summed E-state index contributed by atoms with van der Waals surface area (Å²) >= 11 is 0. The summed E-state index contributed by atoms with van der Waals surface area (Å²) in [5.74, 6) is 1.97. The molecule has 1 unspecified atom stereocenters. The molecular formula is C17H27NO. The quantitative estimate of drug-likeness (QED) is 0.730. The fourth-order valence-electron chi connectivity index (χ4n) is 2.51. The van der Waals surface area contributed by atoms with Gasteiger partial charge in [0, 0.05) is 6.04 Å². The van der Waals surface area contributed by atoms with Gasteiger partial charge in [-0.15, -0.1) is 0 Å². The second-order valence-electron chi connectivity index (χ2n) is 5.72. The Bertz CT molecular complexity index is 356. The number of hydrogen-bond acceptors (Lipinski definition) is 2. The number of rotatable bonds is 9. The van der Waals surface area contributed by atoms with Crippen molar-refractivity contribution >= 4 is 0 Å². The summed E-state index contributed by atoms with van der Waals surface area (Å²) in [4.78, 5) is 0. The van der Waals surface area contributed by atoms with Gasteiger partial charge >= 0.3 is 0 Å². The second kappa shape index (κ2) is 7.54. The number of ether oxygens (including phenoxy) is 1. The molecule has 19 heavy (non-hydrogen) atoms. The summed E-state index contributed by atoms with van der Waals surface area (Å²) in [5, 5.41) is 3.70. The Morgan fingerprint density at radius 3 is 2.58 bits per heavy atom. The van der Waals surface area contributed by atoms with Crippen molar-refractivity contribution in [1.29, 1.82) is 0 Å². The minimum absolute atomic E-state index is 0.633. The molecule has 1 aliphatic rings. The Balaban J connectivity index is 1.84. The molecule has 1 aromatic rings. The van der Waals surface area contributed by atoms with Crippen LogP contribution in [0.3, 0.4) is 0 Å². The highest BCUT2D eigenvalue weighted by Gasteiger charge is 2.22. The minimum atomic E-state index is 0.633. The molecule has 1 atom stereocenters. The molecule has 0 aliphatic heterocycles. The Hall–Kier alpha value is -1.02. The first-order valence-electron chi connectivity index (χ1n) is 7.68. The molecule has 2 nitrogen and oxygen atoms in total. The Morgan fingerprint density at radius 2 is 2.00 bits per heavy atom. The van der Waals surface area contributed by atoms with Gasteiger partial charge < -0.3 is 10.1 Å². The summed E-state index contributed by atoms with van der Waals surface area (Å²) in [5.41, 5.74) is 1.41. The fourth-order valence-corrected chi connectivity index (χ4v) is 2.51. The normalized spacial score (nSPS) is 16.3. The van der Waals surface area contributed by atoms with E-state index in [-0.39, 0.29) is 0 Å². The number of nitrogens with one attached hydrogen (secondary N) is 1. The van der Waals surface area contributed by atoms with E-state index in [1.807, 2.05) is 0 Å². The van der Waals surface area contributed by atoms with Crippen molar-refractivity contribution in [3.05, 3.63) is 29.8 Å². The SMILES string of the molecule is CCCNC(CCC1CC1)Cc1ccc(OC)cc1. The summed E-state index contributed by atoms with van der Waals surface area (Å²) < 4.78 is 5.21. The molecule has 1 aliphatic carbocycles. The molecule has 0 aromatic heterocycles. The molecule has 0 spiro atoms. The lowest BCUT2D eigenvalue weighted by atomic mass is 10.00. The van der Waals surface area contributed by atoms with Crippen LogP contribution in [-0.4, -0.2) is 19.7 Å². The van der Waals surface area contributed by atoms with Gasteiger partial charge in [0.15, 0.2) is 0 Å². The van der Waals surface area contributed by atoms with E-state index in [2.05, 4.69) is 36.5 Å². The highest BCUT2D eigenvalue weighted by atomic mass is 16.5. The number of benzene rings is 1. The van der Waals surface area contributed by atoms with E-state index in [9.17, 15) is 0 Å². The van der Waals surface area contributed by atoms with E-state index >= 15 is 0 Å². The van der Waals surface area contributed by atoms with Crippen LogP contribution >= 0.6 is 0 Å². The maximum absolute atomic E-state index is 5.21. The number of hydrogen-bond donors (Lipinski definition) is 1. The molecule has 1 saturated carbocycles. The highest BCUT2D eigenvalue weighted by molar-refractivity contribution is 5.27. The third-order valence-electron chi connectivity index (χ3n) is 3.94. The summed E-state index contributed by atoms with van der Waals surface area (Å²) in [6.45, 7) is 3.36. The maximum Gasteiger partial charge on any atom is 0.118 e. The van der Waals surface area contributed by atoms with Gasteiger partial charge in [0.05, 0.1) is 7.11 Å². The van der Waals surface area contributed by atoms with Crippen LogP contribution in [0.1, 0.15) is 44.6 Å². The molecule has 0 saturated heterocycles. The zero-order valence-corrected chi connectivity index (χ0v) is 12.3. The molecule has 106 valence electrons. The third-order valence-corrected chi connectivity index (χ3v) is 3.94. The second-order valence-corrected chi connectivity index (χ2v) is 5.72. The highest BCUT2D eigenvalue weighted by Crippen LogP contribution is 2.34. The molecule has 1 aromatic carbocycles. The van der Waals surface area contributed by atoms with Crippen molar-refractivity contribution in [2.24, 2.45) is 5.92 Å². The largest absolute Gasteiger partial charge is 0.497 e. The third kappa shape index (κ3) is 5.23. The van der Waals surface area contributed by atoms with Crippen molar-refractivity contribution < 1.29 is 4.74 Å². The van der Waals surface area contributed by atoms with Crippen LogP contribution in [0.4, 0.5) is 0 Å². The zero-order chi connectivity index (χ0) is 13.5. The van der Waals surface area contributed by atoms with E-state index in [1.165, 1.54) is 37.7 Å². The first kappa shape index (κ1) is 14.4. The Morgan fingerprint density at radius 1 is 1.26 bits per heavy atom. The van der Waals surface area contributed by atoms with E-state index < -0.39 is 0 Å². The van der Waals surface area contributed by atoms with E-state index in [0.29, 0.717) is 6.04 Å². The van der Waals surface area contributed by atoms with Crippen molar-refractivity contribution in [3.8, 4) is 5.75 Å². The first-order valence-corrected chi connectivity index (χ1v) is 7.68. The molecule has 0 radical (unpaired) electrons. The summed E-state index contributed by atoms with van der Waals surface area (Å²) in [7, 11) is 1.72. The average molecular weight is 261 g/mol. The van der Waals surface area contributed by atoms with Gasteiger partial charge in [-0.3, -0.25) is 0 Å². The molecule has 1 fully saturated rings. The van der Waals surface area contributed by atoms with Gasteiger partial charge in [0.25, 0.3) is 0 Å². The van der Waals surface area contributed by atoms with Gasteiger partial charge in [0.2, 0.25) is 0 Å². The van der Waals surface area contributed by atoms with Crippen LogP contribution in [0.2, 0.25) is 0 Å². The van der Waals surface area contributed by atoms with Gasteiger partial charge in [-0.2, -0.15) is 0 Å². The van der Waals surface area contributed by atoms with Gasteiger partial charge in [-0.25, -0.2) is 0 Å². The summed E-state index contributed by atoms with van der Waals surface area (Å²) in [6, 6.07) is 9.14. The zero-order valence-electron chi connectivity index (χ0n) is 12.3. The smallest absolute Gasteiger partial charge is 0.118 e. The lowest BCUT2D eigenvalue weighted by Gasteiger charge is -2.18. The average Bonchev–Trinajstić information content (AvgIpc) is 3.27. The topological polar surface area (TPSA) is 21.3 Å².